The van der Waals surface area contributed by atoms with Crippen LogP contribution in [0.5, 0.6) is 0 Å². The van der Waals surface area contributed by atoms with Gasteiger partial charge in [0.15, 0.2) is 0 Å². The summed E-state index contributed by atoms with van der Waals surface area (Å²) in [5.41, 5.74) is 3.91. The Morgan fingerprint density at radius 1 is 1.62 bits per heavy atom. The lowest BCUT2D eigenvalue weighted by molar-refractivity contribution is 0.0330. The molecule has 0 aromatic carbocycles. The Hall–Kier alpha value is -1.49. The van der Waals surface area contributed by atoms with E-state index in [0.717, 1.165) is 12.2 Å². The zero-order chi connectivity index (χ0) is 11.5. The topological polar surface area (TPSA) is 53.3 Å². The van der Waals surface area contributed by atoms with Gasteiger partial charge in [0.05, 0.1) is 19.3 Å². The van der Waals surface area contributed by atoms with Crippen molar-refractivity contribution < 1.29 is 4.74 Å². The molecule has 5 nitrogen and oxygen atoms in total. The first kappa shape index (κ1) is 11.0. The largest absolute Gasteiger partial charge is 0.377 e. The van der Waals surface area contributed by atoms with E-state index in [1.54, 1.807) is 0 Å². The van der Waals surface area contributed by atoms with Crippen LogP contribution in [0.3, 0.4) is 0 Å². The molecule has 1 aliphatic heterocycles. The minimum Gasteiger partial charge on any atom is -0.377 e. The van der Waals surface area contributed by atoms with Crippen molar-refractivity contribution in [2.45, 2.75) is 13.0 Å². The smallest absolute Gasteiger partial charge is 0.147 e. The van der Waals surface area contributed by atoms with Crippen LogP contribution in [0.2, 0.25) is 0 Å². The number of aromatic nitrogens is 1. The highest BCUT2D eigenvalue weighted by Crippen LogP contribution is 2.12. The standard InChI is InChI=1S/C11H18N4O/c1-9-8-16-7-6-14(9)11(12)10-4-3-5-15(10)13-2/h3-5,9,12-13H,6-8H2,1-2H3/t9-/m1/s1. The van der Waals surface area contributed by atoms with Gasteiger partial charge in [0.2, 0.25) is 0 Å². The van der Waals surface area contributed by atoms with E-state index >= 15 is 0 Å². The van der Waals surface area contributed by atoms with Crippen molar-refractivity contribution in [1.82, 2.24) is 9.58 Å². The summed E-state index contributed by atoms with van der Waals surface area (Å²) in [5.74, 6) is 0.551. The number of amidine groups is 1. The molecule has 1 aromatic heterocycles. The Morgan fingerprint density at radius 2 is 2.44 bits per heavy atom. The molecule has 0 aliphatic carbocycles. The molecule has 88 valence electrons. The highest BCUT2D eigenvalue weighted by atomic mass is 16.5. The SMILES string of the molecule is CNn1cccc1C(=N)N1CCOC[C@H]1C. The lowest BCUT2D eigenvalue weighted by Crippen LogP contribution is -2.47. The molecule has 16 heavy (non-hydrogen) atoms. The van der Waals surface area contributed by atoms with Gasteiger partial charge in [-0.15, -0.1) is 0 Å². The monoisotopic (exact) mass is 222 g/mol. The van der Waals surface area contributed by atoms with Gasteiger partial charge in [-0.25, -0.2) is 0 Å². The number of nitrogens with one attached hydrogen (secondary N) is 2. The molecular weight excluding hydrogens is 204 g/mol. The molecule has 0 amide bonds. The third-order valence-corrected chi connectivity index (χ3v) is 2.89. The van der Waals surface area contributed by atoms with Gasteiger partial charge in [-0.1, -0.05) is 0 Å². The molecule has 0 unspecified atom stereocenters. The Bertz CT molecular complexity index is 374. The molecule has 2 heterocycles. The van der Waals surface area contributed by atoms with Gasteiger partial charge in [-0.2, -0.15) is 0 Å². The average molecular weight is 222 g/mol. The maximum Gasteiger partial charge on any atom is 0.147 e. The van der Waals surface area contributed by atoms with Crippen LogP contribution in [0.1, 0.15) is 12.6 Å². The fourth-order valence-electron chi connectivity index (χ4n) is 1.98. The molecule has 0 saturated carbocycles. The maximum atomic E-state index is 8.22. The minimum absolute atomic E-state index is 0.265. The van der Waals surface area contributed by atoms with Crippen molar-refractivity contribution in [3.05, 3.63) is 24.0 Å². The van der Waals surface area contributed by atoms with Crippen molar-refractivity contribution in [1.29, 1.82) is 5.41 Å². The quantitative estimate of drug-likeness (QED) is 0.572. The van der Waals surface area contributed by atoms with Crippen molar-refractivity contribution in [3.63, 3.8) is 0 Å². The van der Waals surface area contributed by atoms with E-state index in [1.807, 2.05) is 30.1 Å². The number of nitrogens with zero attached hydrogens (tertiary/aromatic N) is 2. The minimum atomic E-state index is 0.265. The molecular formula is C11H18N4O. The van der Waals surface area contributed by atoms with Gasteiger partial charge in [0.1, 0.15) is 11.5 Å². The van der Waals surface area contributed by atoms with E-state index in [4.69, 9.17) is 10.1 Å². The number of rotatable bonds is 2. The zero-order valence-corrected chi connectivity index (χ0v) is 9.73. The molecule has 0 bridgehead atoms. The van der Waals surface area contributed by atoms with E-state index in [0.29, 0.717) is 19.0 Å². The first-order valence-electron chi connectivity index (χ1n) is 5.52. The van der Waals surface area contributed by atoms with Crippen LogP contribution in [0.15, 0.2) is 18.3 Å². The molecule has 1 fully saturated rings. The fraction of sp³-hybridized carbons (Fsp3) is 0.545. The van der Waals surface area contributed by atoms with Crippen LogP contribution in [0, 0.1) is 5.41 Å². The molecule has 2 N–H and O–H groups in total. The summed E-state index contributed by atoms with van der Waals surface area (Å²) in [5, 5.41) is 8.22. The maximum absolute atomic E-state index is 8.22. The molecule has 0 spiro atoms. The van der Waals surface area contributed by atoms with Gasteiger partial charge in [0, 0.05) is 19.8 Å². The van der Waals surface area contributed by atoms with E-state index in [-0.39, 0.29) is 6.04 Å². The van der Waals surface area contributed by atoms with Crippen molar-refractivity contribution in [2.24, 2.45) is 0 Å². The Balaban J connectivity index is 2.17. The van der Waals surface area contributed by atoms with Crippen molar-refractivity contribution >= 4 is 5.84 Å². The van der Waals surface area contributed by atoms with Gasteiger partial charge in [-0.3, -0.25) is 10.1 Å². The summed E-state index contributed by atoms with van der Waals surface area (Å²) in [6, 6.07) is 4.15. The molecule has 0 radical (unpaired) electrons. The second-order valence-corrected chi connectivity index (χ2v) is 3.95. The van der Waals surface area contributed by atoms with E-state index in [2.05, 4.69) is 17.2 Å². The predicted molar refractivity (Wildman–Crippen MR) is 63.5 cm³/mol. The van der Waals surface area contributed by atoms with E-state index in [1.165, 1.54) is 0 Å². The second-order valence-electron chi connectivity index (χ2n) is 3.95. The number of morpholine rings is 1. The van der Waals surface area contributed by atoms with Gasteiger partial charge in [0.25, 0.3) is 0 Å². The summed E-state index contributed by atoms with van der Waals surface area (Å²) in [6.07, 6.45) is 1.91. The van der Waals surface area contributed by atoms with Crippen LogP contribution in [0.4, 0.5) is 0 Å². The summed E-state index contributed by atoms with van der Waals surface area (Å²) >= 11 is 0. The first-order chi connectivity index (χ1) is 7.74. The highest BCUT2D eigenvalue weighted by Gasteiger charge is 2.23. The van der Waals surface area contributed by atoms with E-state index < -0.39 is 0 Å². The van der Waals surface area contributed by atoms with Crippen LogP contribution in [-0.4, -0.2) is 48.3 Å². The molecule has 2 rings (SSSR count). The van der Waals surface area contributed by atoms with Gasteiger partial charge < -0.3 is 15.1 Å². The third kappa shape index (κ3) is 1.90. The Morgan fingerprint density at radius 3 is 3.12 bits per heavy atom. The highest BCUT2D eigenvalue weighted by molar-refractivity contribution is 5.95. The Labute approximate surface area is 95.5 Å². The van der Waals surface area contributed by atoms with Crippen molar-refractivity contribution in [2.75, 3.05) is 32.2 Å². The lowest BCUT2D eigenvalue weighted by atomic mass is 10.2. The number of ether oxygens (including phenoxy) is 1. The second kappa shape index (κ2) is 4.57. The molecule has 1 atom stereocenters. The summed E-state index contributed by atoms with van der Waals surface area (Å²) in [4.78, 5) is 2.08. The molecule has 1 saturated heterocycles. The van der Waals surface area contributed by atoms with Gasteiger partial charge in [-0.05, 0) is 19.1 Å². The van der Waals surface area contributed by atoms with Crippen LogP contribution in [0.25, 0.3) is 0 Å². The molecule has 5 heteroatoms. The third-order valence-electron chi connectivity index (χ3n) is 2.89. The molecule has 1 aromatic rings. The first-order valence-corrected chi connectivity index (χ1v) is 5.52. The normalized spacial score (nSPS) is 20.9. The molecule has 1 aliphatic rings. The van der Waals surface area contributed by atoms with Gasteiger partial charge >= 0.3 is 0 Å². The van der Waals surface area contributed by atoms with Crippen LogP contribution < -0.4 is 5.43 Å². The summed E-state index contributed by atoms with van der Waals surface area (Å²) in [6.45, 7) is 4.27. The Kier molecular flexibility index (Phi) is 3.14. The predicted octanol–water partition coefficient (Wildman–Crippen LogP) is 0.707. The lowest BCUT2D eigenvalue weighted by Gasteiger charge is -2.35. The van der Waals surface area contributed by atoms with Crippen molar-refractivity contribution in [3.8, 4) is 0 Å². The summed E-state index contributed by atoms with van der Waals surface area (Å²) in [7, 11) is 1.85. The van der Waals surface area contributed by atoms with Crippen LogP contribution >= 0.6 is 0 Å². The zero-order valence-electron chi connectivity index (χ0n) is 9.73. The van der Waals surface area contributed by atoms with Crippen LogP contribution in [-0.2, 0) is 4.74 Å². The number of hydrogen-bond acceptors (Lipinski definition) is 3. The fourth-order valence-corrected chi connectivity index (χ4v) is 1.98. The number of hydrogen-bond donors (Lipinski definition) is 2. The summed E-state index contributed by atoms with van der Waals surface area (Å²) < 4.78 is 7.23. The average Bonchev–Trinajstić information content (AvgIpc) is 2.77. The van der Waals surface area contributed by atoms with E-state index in [9.17, 15) is 0 Å².